The molecular weight excluding hydrogens is 132 g/mol. The van der Waals surface area contributed by atoms with Crippen LogP contribution in [-0.4, -0.2) is 0 Å². The van der Waals surface area contributed by atoms with Crippen molar-refractivity contribution < 1.29 is 0 Å². The lowest BCUT2D eigenvalue weighted by Gasteiger charge is -1.79. The highest BCUT2D eigenvalue weighted by Gasteiger charge is 1.68. The zero-order valence-electron chi connectivity index (χ0n) is 7.33. The third-order valence-electron chi connectivity index (χ3n) is 0.707. The molecule has 0 bridgehead atoms. The van der Waals surface area contributed by atoms with Crippen LogP contribution in [0.4, 0.5) is 0 Å². The standard InChI is InChI=1S/C5H12.C4H8.2CH4/c1-3-5-4-2;1-4(2)3;;/h3-5H2,1-2H3;1H2,2-3H3;2*1H4. The van der Waals surface area contributed by atoms with Crippen molar-refractivity contribution in [3.8, 4) is 0 Å². The minimum atomic E-state index is 0. The molecule has 0 heteroatoms. The van der Waals surface area contributed by atoms with Crippen molar-refractivity contribution in [3.63, 3.8) is 0 Å². The average molecular weight is 160 g/mol. The van der Waals surface area contributed by atoms with Crippen LogP contribution in [0.3, 0.4) is 0 Å². The number of hydrogen-bond donors (Lipinski definition) is 0. The van der Waals surface area contributed by atoms with Gasteiger partial charge in [0.1, 0.15) is 0 Å². The Morgan fingerprint density at radius 2 is 1.18 bits per heavy atom. The largest absolute Gasteiger partial charge is 0.100 e. The van der Waals surface area contributed by atoms with Crippen LogP contribution in [0.5, 0.6) is 0 Å². The minimum absolute atomic E-state index is 0. The Bertz CT molecular complexity index is 47.1. The molecule has 0 amide bonds. The fourth-order valence-electron chi connectivity index (χ4n) is 0.354. The Labute approximate surface area is 74.7 Å². The summed E-state index contributed by atoms with van der Waals surface area (Å²) in [5, 5.41) is 0. The predicted molar refractivity (Wildman–Crippen MR) is 59.1 cm³/mol. The molecule has 0 aliphatic rings. The summed E-state index contributed by atoms with van der Waals surface area (Å²) in [5.41, 5.74) is 1.17. The maximum absolute atomic E-state index is 3.56. The molecule has 0 aromatic carbocycles. The van der Waals surface area contributed by atoms with Gasteiger partial charge in [-0.15, -0.1) is 6.58 Å². The Morgan fingerprint density at radius 3 is 1.18 bits per heavy atom. The maximum atomic E-state index is 3.56. The predicted octanol–water partition coefficient (Wildman–Crippen LogP) is 5.05. The van der Waals surface area contributed by atoms with E-state index in [9.17, 15) is 0 Å². The van der Waals surface area contributed by atoms with Gasteiger partial charge in [0.25, 0.3) is 0 Å². The van der Waals surface area contributed by atoms with Crippen LogP contribution < -0.4 is 0 Å². The summed E-state index contributed by atoms with van der Waals surface area (Å²) in [6.45, 7) is 11.9. The summed E-state index contributed by atoms with van der Waals surface area (Å²) < 4.78 is 0. The number of hydrogen-bond acceptors (Lipinski definition) is 0. The lowest BCUT2D eigenvalue weighted by atomic mass is 10.3. The van der Waals surface area contributed by atoms with Crippen molar-refractivity contribution in [2.45, 2.75) is 61.8 Å². The van der Waals surface area contributed by atoms with Gasteiger partial charge in [0.15, 0.2) is 0 Å². The van der Waals surface area contributed by atoms with Crippen molar-refractivity contribution in [2.75, 3.05) is 0 Å². The molecule has 0 saturated heterocycles. The molecule has 0 nitrogen and oxygen atoms in total. The SMILES string of the molecule is C.C.C=C(C)C.CCCCC. The van der Waals surface area contributed by atoms with E-state index in [0.717, 1.165) is 0 Å². The number of rotatable bonds is 2. The molecule has 0 rings (SSSR count). The van der Waals surface area contributed by atoms with Crippen molar-refractivity contribution >= 4 is 0 Å². The van der Waals surface area contributed by atoms with Gasteiger partial charge >= 0.3 is 0 Å². The van der Waals surface area contributed by atoms with E-state index in [4.69, 9.17) is 0 Å². The first kappa shape index (κ1) is 22.4. The topological polar surface area (TPSA) is 0 Å². The van der Waals surface area contributed by atoms with Gasteiger partial charge in [-0.05, 0) is 13.8 Å². The molecule has 0 spiro atoms. The molecule has 0 aliphatic carbocycles. The first-order valence-corrected chi connectivity index (χ1v) is 3.77. The average Bonchev–Trinajstić information content (AvgIpc) is 1.66. The molecule has 0 fully saturated rings. The van der Waals surface area contributed by atoms with Crippen molar-refractivity contribution in [2.24, 2.45) is 0 Å². The van der Waals surface area contributed by atoms with E-state index in [1.165, 1.54) is 24.8 Å². The Morgan fingerprint density at radius 1 is 1.00 bits per heavy atom. The van der Waals surface area contributed by atoms with Crippen LogP contribution in [0.25, 0.3) is 0 Å². The minimum Gasteiger partial charge on any atom is -0.100 e. The molecule has 0 aromatic rings. The summed E-state index contributed by atoms with van der Waals surface area (Å²) >= 11 is 0. The maximum Gasteiger partial charge on any atom is -0.0445 e. The van der Waals surface area contributed by atoms with E-state index in [1.807, 2.05) is 13.8 Å². The highest BCUT2D eigenvalue weighted by Crippen LogP contribution is 1.88. The van der Waals surface area contributed by atoms with Crippen LogP contribution in [0.2, 0.25) is 0 Å². The van der Waals surface area contributed by atoms with Gasteiger partial charge < -0.3 is 0 Å². The van der Waals surface area contributed by atoms with Crippen LogP contribution in [0.15, 0.2) is 12.2 Å². The fraction of sp³-hybridized carbons (Fsp3) is 0.818. The van der Waals surface area contributed by atoms with Gasteiger partial charge in [-0.25, -0.2) is 0 Å². The first-order valence-electron chi connectivity index (χ1n) is 3.77. The van der Waals surface area contributed by atoms with Gasteiger partial charge in [-0.1, -0.05) is 53.5 Å². The molecule has 0 heterocycles. The van der Waals surface area contributed by atoms with Crippen LogP contribution in [0.1, 0.15) is 61.8 Å². The lowest BCUT2D eigenvalue weighted by molar-refractivity contribution is 0.772. The highest BCUT2D eigenvalue weighted by atomic mass is 13.7. The Kier molecular flexibility index (Phi) is 46.0. The summed E-state index contributed by atoms with van der Waals surface area (Å²) in [5.74, 6) is 0. The van der Waals surface area contributed by atoms with Gasteiger partial charge in [-0.3, -0.25) is 0 Å². The van der Waals surface area contributed by atoms with E-state index >= 15 is 0 Å². The van der Waals surface area contributed by atoms with Crippen molar-refractivity contribution in [1.29, 1.82) is 0 Å². The number of unbranched alkanes of at least 4 members (excludes halogenated alkanes) is 2. The van der Waals surface area contributed by atoms with Gasteiger partial charge in [0.05, 0.1) is 0 Å². The van der Waals surface area contributed by atoms with Crippen LogP contribution >= 0.6 is 0 Å². The summed E-state index contributed by atoms with van der Waals surface area (Å²) in [6.07, 6.45) is 4.08. The molecule has 0 aromatic heterocycles. The van der Waals surface area contributed by atoms with E-state index in [0.29, 0.717) is 0 Å². The Hall–Kier alpha value is -0.260. The molecule has 0 radical (unpaired) electrons. The summed E-state index contributed by atoms with van der Waals surface area (Å²) in [6, 6.07) is 0. The van der Waals surface area contributed by atoms with Crippen molar-refractivity contribution in [3.05, 3.63) is 12.2 Å². The first-order chi connectivity index (χ1) is 4.15. The van der Waals surface area contributed by atoms with E-state index < -0.39 is 0 Å². The molecular formula is C11H28. The Balaban J connectivity index is -0.0000000383. The second-order valence-corrected chi connectivity index (χ2v) is 2.56. The second-order valence-electron chi connectivity index (χ2n) is 2.56. The zero-order chi connectivity index (χ0) is 7.70. The summed E-state index contributed by atoms with van der Waals surface area (Å²) in [4.78, 5) is 0. The third kappa shape index (κ3) is 193. The van der Waals surface area contributed by atoms with E-state index in [2.05, 4.69) is 20.4 Å². The number of allylic oxidation sites excluding steroid dienone is 1. The molecule has 0 saturated carbocycles. The smallest absolute Gasteiger partial charge is 0.0445 e. The quantitative estimate of drug-likeness (QED) is 0.496. The lowest BCUT2D eigenvalue weighted by Crippen LogP contribution is -1.59. The molecule has 11 heavy (non-hydrogen) atoms. The fourth-order valence-corrected chi connectivity index (χ4v) is 0.354. The molecule has 0 atom stereocenters. The molecule has 72 valence electrons. The molecule has 0 aliphatic heterocycles. The second kappa shape index (κ2) is 22.6. The molecule has 0 unspecified atom stereocenters. The van der Waals surface area contributed by atoms with Gasteiger partial charge in [0.2, 0.25) is 0 Å². The van der Waals surface area contributed by atoms with Gasteiger partial charge in [-0.2, -0.15) is 0 Å². The monoisotopic (exact) mass is 160 g/mol. The summed E-state index contributed by atoms with van der Waals surface area (Å²) in [7, 11) is 0. The van der Waals surface area contributed by atoms with Crippen LogP contribution in [0, 0.1) is 0 Å². The van der Waals surface area contributed by atoms with Gasteiger partial charge in [0, 0.05) is 0 Å². The van der Waals surface area contributed by atoms with Crippen molar-refractivity contribution in [1.82, 2.24) is 0 Å². The third-order valence-corrected chi connectivity index (χ3v) is 0.707. The van der Waals surface area contributed by atoms with E-state index in [-0.39, 0.29) is 14.9 Å². The van der Waals surface area contributed by atoms with E-state index in [1.54, 1.807) is 0 Å². The normalized spacial score (nSPS) is 6.18. The zero-order valence-corrected chi connectivity index (χ0v) is 7.33. The molecule has 0 N–H and O–H groups in total. The van der Waals surface area contributed by atoms with Crippen LogP contribution in [-0.2, 0) is 0 Å². The highest BCUT2D eigenvalue weighted by molar-refractivity contribution is 4.78.